The van der Waals surface area contributed by atoms with Crippen LogP contribution in [-0.2, 0) is 0 Å². The van der Waals surface area contributed by atoms with Crippen molar-refractivity contribution in [2.75, 3.05) is 0 Å². The molecule has 0 saturated carbocycles. The Bertz CT molecular complexity index is 3890. The van der Waals surface area contributed by atoms with Gasteiger partial charge in [-0.1, -0.05) is 157 Å². The van der Waals surface area contributed by atoms with Gasteiger partial charge in [0.15, 0.2) is 0 Å². The Morgan fingerprint density at radius 3 is 1.54 bits per heavy atom. The molecule has 0 atom stereocenters. The van der Waals surface area contributed by atoms with Gasteiger partial charge in [-0.05, 0) is 122 Å². The van der Waals surface area contributed by atoms with Crippen LogP contribution in [0.15, 0.2) is 212 Å². The molecule has 13 aromatic rings. The summed E-state index contributed by atoms with van der Waals surface area (Å²) in [5, 5.41) is 12.6. The third kappa shape index (κ3) is 5.81. The first-order valence-electron chi connectivity index (χ1n) is 21.6. The second-order valence-electron chi connectivity index (χ2n) is 16.8. The van der Waals surface area contributed by atoms with E-state index in [2.05, 4.69) is 224 Å². The molecule has 3 heteroatoms. The fourth-order valence-electron chi connectivity index (χ4n) is 9.91. The minimum atomic E-state index is 0.941. The summed E-state index contributed by atoms with van der Waals surface area (Å²) < 4.78 is 5.12. The van der Waals surface area contributed by atoms with Gasteiger partial charge in [0.2, 0.25) is 0 Å². The summed E-state index contributed by atoms with van der Waals surface area (Å²) in [5.74, 6) is 0. The van der Waals surface area contributed by atoms with Gasteiger partial charge in [0, 0.05) is 42.1 Å². The number of hydrogen-bond donors (Lipinski definition) is 0. The van der Waals surface area contributed by atoms with Crippen molar-refractivity contribution >= 4 is 85.6 Å². The number of aryl methyl sites for hydroxylation is 1. The molecule has 63 heavy (non-hydrogen) atoms. The fraction of sp³-hybridized carbons (Fsp3) is 0.0167. The Labute approximate surface area is 368 Å². The maximum Gasteiger partial charge on any atom is 0.0730 e. The highest BCUT2D eigenvalue weighted by Gasteiger charge is 2.20. The predicted octanol–water partition coefficient (Wildman–Crippen LogP) is 17.0. The van der Waals surface area contributed by atoms with Crippen molar-refractivity contribution in [3.05, 3.63) is 218 Å². The van der Waals surface area contributed by atoms with Crippen LogP contribution in [0.2, 0.25) is 0 Å². The van der Waals surface area contributed by atoms with Gasteiger partial charge in [0.25, 0.3) is 0 Å². The molecule has 0 unspecified atom stereocenters. The van der Waals surface area contributed by atoms with Crippen molar-refractivity contribution in [3.8, 4) is 50.5 Å². The minimum Gasteiger partial charge on any atom is -0.309 e. The smallest absolute Gasteiger partial charge is 0.0730 e. The zero-order valence-electron chi connectivity index (χ0n) is 34.5. The summed E-state index contributed by atoms with van der Waals surface area (Å²) in [5.41, 5.74) is 13.6. The van der Waals surface area contributed by atoms with Crippen molar-refractivity contribution in [1.82, 2.24) is 9.55 Å². The number of nitrogens with zero attached hydrogens (tertiary/aromatic N) is 2. The van der Waals surface area contributed by atoms with Gasteiger partial charge in [0.05, 0.1) is 28.1 Å². The summed E-state index contributed by atoms with van der Waals surface area (Å²) in [6.45, 7) is 2.15. The van der Waals surface area contributed by atoms with Crippen LogP contribution in [0.1, 0.15) is 5.56 Å². The second kappa shape index (κ2) is 14.1. The standard InChI is InChI=1S/C60H38N2S/c1-37-20-22-38(23-21-37)41-25-28-57-52(31-41)53-35-50-49-30-42(43-26-29-60-54(32-43)48-18-10-11-19-59(48)63-60)24-27-47(49)45-16-8-9-17-46(45)51(50)36-58(53)62(57)44-33-55(39-12-4-2-5-13-39)61-56(34-44)40-14-6-3-7-15-40/h2-36H,1H3. The summed E-state index contributed by atoms with van der Waals surface area (Å²) in [6.07, 6.45) is 0. The monoisotopic (exact) mass is 818 g/mol. The first kappa shape index (κ1) is 35.9. The van der Waals surface area contributed by atoms with Crippen LogP contribution >= 0.6 is 11.3 Å². The SMILES string of the molecule is Cc1ccc(-c2ccc3c(c2)c2cc4c5cc(-c6ccc7sc8ccccc8c7c6)ccc5c5ccccc5c4cc2n3-c2cc(-c3ccccc3)nc(-c3ccccc3)c2)cc1. The highest BCUT2D eigenvalue weighted by molar-refractivity contribution is 7.25. The average molecular weight is 819 g/mol. The van der Waals surface area contributed by atoms with Crippen molar-refractivity contribution < 1.29 is 0 Å². The van der Waals surface area contributed by atoms with Crippen LogP contribution in [0.3, 0.4) is 0 Å². The van der Waals surface area contributed by atoms with E-state index in [0.29, 0.717) is 0 Å². The van der Waals surface area contributed by atoms with E-state index in [4.69, 9.17) is 4.98 Å². The van der Waals surface area contributed by atoms with E-state index in [0.717, 1.165) is 33.7 Å². The van der Waals surface area contributed by atoms with Gasteiger partial charge in [-0.2, -0.15) is 0 Å². The summed E-state index contributed by atoms with van der Waals surface area (Å²) >= 11 is 1.87. The van der Waals surface area contributed by atoms with Crippen molar-refractivity contribution in [1.29, 1.82) is 0 Å². The highest BCUT2D eigenvalue weighted by Crippen LogP contribution is 2.44. The minimum absolute atomic E-state index is 0.941. The maximum absolute atomic E-state index is 5.28. The second-order valence-corrected chi connectivity index (χ2v) is 17.9. The molecule has 2 nitrogen and oxygen atoms in total. The molecule has 0 aliphatic heterocycles. The zero-order valence-corrected chi connectivity index (χ0v) is 35.3. The molecule has 0 bridgehead atoms. The lowest BCUT2D eigenvalue weighted by Crippen LogP contribution is -1.98. The molecule has 0 radical (unpaired) electrons. The Morgan fingerprint density at radius 1 is 0.317 bits per heavy atom. The molecule has 3 heterocycles. The molecule has 0 N–H and O–H groups in total. The molecule has 0 spiro atoms. The molecule has 0 amide bonds. The van der Waals surface area contributed by atoms with Crippen LogP contribution in [0.4, 0.5) is 0 Å². The summed E-state index contributed by atoms with van der Waals surface area (Å²) in [7, 11) is 0. The lowest BCUT2D eigenvalue weighted by atomic mass is 9.91. The zero-order chi connectivity index (χ0) is 41.6. The predicted molar refractivity (Wildman–Crippen MR) is 270 cm³/mol. The van der Waals surface area contributed by atoms with Gasteiger partial charge in [0.1, 0.15) is 0 Å². The van der Waals surface area contributed by atoms with Gasteiger partial charge < -0.3 is 4.57 Å². The fourth-order valence-corrected chi connectivity index (χ4v) is 11.0. The Hall–Kier alpha value is -7.85. The number of thiophene rings is 1. The normalized spacial score (nSPS) is 11.9. The highest BCUT2D eigenvalue weighted by atomic mass is 32.1. The maximum atomic E-state index is 5.28. The third-order valence-corrected chi connectivity index (χ3v) is 14.2. The third-order valence-electron chi connectivity index (χ3n) is 13.0. The average Bonchev–Trinajstić information content (AvgIpc) is 3.88. The number of rotatable bonds is 5. The first-order valence-corrected chi connectivity index (χ1v) is 22.4. The van der Waals surface area contributed by atoms with E-state index in [1.807, 2.05) is 11.3 Å². The molecule has 13 rings (SSSR count). The van der Waals surface area contributed by atoms with Crippen LogP contribution in [0.5, 0.6) is 0 Å². The first-order chi connectivity index (χ1) is 31.1. The molecule has 0 aliphatic carbocycles. The van der Waals surface area contributed by atoms with Crippen LogP contribution in [0.25, 0.3) is 125 Å². The number of aromatic nitrogens is 2. The largest absolute Gasteiger partial charge is 0.309 e. The number of hydrogen-bond acceptors (Lipinski definition) is 2. The van der Waals surface area contributed by atoms with E-state index in [1.54, 1.807) is 0 Å². The van der Waals surface area contributed by atoms with E-state index in [-0.39, 0.29) is 0 Å². The Morgan fingerprint density at radius 2 is 0.810 bits per heavy atom. The lowest BCUT2D eigenvalue weighted by Gasteiger charge is -2.15. The summed E-state index contributed by atoms with van der Waals surface area (Å²) in [6, 6.07) is 78.2. The van der Waals surface area contributed by atoms with Crippen molar-refractivity contribution in [3.63, 3.8) is 0 Å². The van der Waals surface area contributed by atoms with E-state index in [9.17, 15) is 0 Å². The molecule has 294 valence electrons. The van der Waals surface area contributed by atoms with Gasteiger partial charge in [-0.3, -0.25) is 0 Å². The van der Waals surface area contributed by atoms with E-state index < -0.39 is 0 Å². The molecule has 10 aromatic carbocycles. The van der Waals surface area contributed by atoms with E-state index in [1.165, 1.54) is 96.6 Å². The Balaban J connectivity index is 1.12. The molecular weight excluding hydrogens is 781 g/mol. The molecular formula is C60H38N2S. The van der Waals surface area contributed by atoms with Gasteiger partial charge >= 0.3 is 0 Å². The molecule has 3 aromatic heterocycles. The molecule has 0 saturated heterocycles. The van der Waals surface area contributed by atoms with Crippen LogP contribution < -0.4 is 0 Å². The quantitative estimate of drug-likeness (QED) is 0.158. The van der Waals surface area contributed by atoms with Crippen LogP contribution in [0, 0.1) is 6.92 Å². The van der Waals surface area contributed by atoms with Gasteiger partial charge in [-0.15, -0.1) is 11.3 Å². The van der Waals surface area contributed by atoms with E-state index >= 15 is 0 Å². The molecule has 0 fully saturated rings. The summed E-state index contributed by atoms with van der Waals surface area (Å²) in [4.78, 5) is 5.28. The Kier molecular flexibility index (Phi) is 8.03. The number of benzene rings is 10. The van der Waals surface area contributed by atoms with Crippen LogP contribution in [-0.4, -0.2) is 9.55 Å². The van der Waals surface area contributed by atoms with Gasteiger partial charge in [-0.25, -0.2) is 4.98 Å². The lowest BCUT2D eigenvalue weighted by molar-refractivity contribution is 1.16. The number of fused-ring (bicyclic) bond motifs is 12. The topological polar surface area (TPSA) is 17.8 Å². The van der Waals surface area contributed by atoms with Crippen molar-refractivity contribution in [2.45, 2.75) is 6.92 Å². The number of pyridine rings is 1. The van der Waals surface area contributed by atoms with Crippen molar-refractivity contribution in [2.24, 2.45) is 0 Å². The molecule has 0 aliphatic rings.